The molecule has 1 N–H and O–H groups in total. The predicted molar refractivity (Wildman–Crippen MR) is 123 cm³/mol. The van der Waals surface area contributed by atoms with Crippen LogP contribution in [0.3, 0.4) is 0 Å². The summed E-state index contributed by atoms with van der Waals surface area (Å²) in [5, 5.41) is 11.9. The molecule has 6 nitrogen and oxygen atoms in total. The number of aromatic nitrogens is 2. The van der Waals surface area contributed by atoms with E-state index >= 15 is 0 Å². The highest BCUT2D eigenvalue weighted by atomic mass is 16.5. The molecule has 4 rings (SSSR count). The Bertz CT molecular complexity index is 1010. The molecule has 2 aromatic carbocycles. The van der Waals surface area contributed by atoms with Crippen LogP contribution in [0.4, 0.5) is 11.5 Å². The quantitative estimate of drug-likeness (QED) is 0.630. The number of methoxy groups -OCH3 is 1. The van der Waals surface area contributed by atoms with Crippen LogP contribution in [0.25, 0.3) is 11.3 Å². The summed E-state index contributed by atoms with van der Waals surface area (Å²) in [6, 6.07) is 19.3. The molecule has 1 aliphatic heterocycles. The van der Waals surface area contributed by atoms with Gasteiger partial charge in [0.2, 0.25) is 5.91 Å². The van der Waals surface area contributed by atoms with Crippen LogP contribution < -0.4 is 15.0 Å². The van der Waals surface area contributed by atoms with Crippen molar-refractivity contribution in [2.75, 3.05) is 30.4 Å². The molecule has 31 heavy (non-hydrogen) atoms. The Balaban J connectivity index is 1.43. The number of rotatable bonds is 6. The van der Waals surface area contributed by atoms with Crippen LogP contribution in [0.2, 0.25) is 0 Å². The summed E-state index contributed by atoms with van der Waals surface area (Å²) in [6.07, 6.45) is 5.24. The first-order chi connectivity index (χ1) is 15.2. The van der Waals surface area contributed by atoms with Gasteiger partial charge in [0.15, 0.2) is 5.82 Å². The topological polar surface area (TPSA) is 67.3 Å². The minimum atomic E-state index is -0.0933. The summed E-state index contributed by atoms with van der Waals surface area (Å²) in [5.41, 5.74) is 3.30. The average Bonchev–Trinajstić information content (AvgIpc) is 3.09. The van der Waals surface area contributed by atoms with Gasteiger partial charge in [-0.2, -0.15) is 0 Å². The highest BCUT2D eigenvalue weighted by Gasteiger charge is 2.13. The summed E-state index contributed by atoms with van der Waals surface area (Å²) >= 11 is 0. The van der Waals surface area contributed by atoms with Crippen molar-refractivity contribution in [2.24, 2.45) is 0 Å². The van der Waals surface area contributed by atoms with Crippen molar-refractivity contribution in [2.45, 2.75) is 32.1 Å². The van der Waals surface area contributed by atoms with E-state index in [1.54, 1.807) is 7.11 Å². The fourth-order valence-electron chi connectivity index (χ4n) is 3.93. The number of ether oxygens (including phenoxy) is 1. The third-order valence-corrected chi connectivity index (χ3v) is 5.57. The number of anilines is 2. The summed E-state index contributed by atoms with van der Waals surface area (Å²) in [4.78, 5) is 14.9. The van der Waals surface area contributed by atoms with Crippen LogP contribution >= 0.6 is 0 Å². The largest absolute Gasteiger partial charge is 0.496 e. The molecule has 0 atom stereocenters. The molecule has 1 aliphatic rings. The van der Waals surface area contributed by atoms with Crippen LogP contribution in [0.5, 0.6) is 5.75 Å². The molecule has 1 amide bonds. The molecule has 160 valence electrons. The fraction of sp³-hybridized carbons (Fsp3) is 0.320. The van der Waals surface area contributed by atoms with Crippen LogP contribution in [-0.4, -0.2) is 36.3 Å². The van der Waals surface area contributed by atoms with Crippen molar-refractivity contribution in [3.8, 4) is 17.0 Å². The zero-order chi connectivity index (χ0) is 21.5. The Hall–Kier alpha value is -3.41. The van der Waals surface area contributed by atoms with Gasteiger partial charge in [-0.05, 0) is 43.2 Å². The van der Waals surface area contributed by atoms with E-state index in [1.165, 1.54) is 25.7 Å². The van der Waals surface area contributed by atoms with E-state index in [2.05, 4.69) is 20.4 Å². The second-order valence-electron chi connectivity index (χ2n) is 7.80. The Kier molecular flexibility index (Phi) is 6.77. The number of para-hydroxylation sites is 1. The van der Waals surface area contributed by atoms with Crippen LogP contribution in [0, 0.1) is 0 Å². The smallest absolute Gasteiger partial charge is 0.228 e. The lowest BCUT2D eigenvalue weighted by Gasteiger charge is -2.20. The predicted octanol–water partition coefficient (Wildman–Crippen LogP) is 4.71. The number of nitrogens with one attached hydrogen (secondary N) is 1. The standard InChI is InChI=1S/C25H28N4O2/c1-31-23-12-5-4-9-20(23)18-25(30)26-21-11-8-10-19(17-21)22-13-14-24(28-27-22)29-15-6-2-3-7-16-29/h4-5,8-14,17H,2-3,6-7,15-16,18H2,1H3,(H,26,30). The van der Waals surface area contributed by atoms with Gasteiger partial charge in [-0.1, -0.05) is 43.2 Å². The third kappa shape index (κ3) is 5.40. The van der Waals surface area contributed by atoms with Crippen molar-refractivity contribution in [3.63, 3.8) is 0 Å². The van der Waals surface area contributed by atoms with E-state index in [9.17, 15) is 4.79 Å². The van der Waals surface area contributed by atoms with Crippen molar-refractivity contribution in [1.82, 2.24) is 10.2 Å². The minimum Gasteiger partial charge on any atom is -0.496 e. The van der Waals surface area contributed by atoms with Gasteiger partial charge in [0.05, 0.1) is 19.2 Å². The molecule has 0 saturated carbocycles. The maximum Gasteiger partial charge on any atom is 0.228 e. The molecule has 0 bridgehead atoms. The summed E-state index contributed by atoms with van der Waals surface area (Å²) in [5.74, 6) is 1.56. The molecule has 0 radical (unpaired) electrons. The van der Waals surface area contributed by atoms with Crippen molar-refractivity contribution in [1.29, 1.82) is 0 Å². The molecule has 0 aliphatic carbocycles. The Labute approximate surface area is 183 Å². The lowest BCUT2D eigenvalue weighted by molar-refractivity contribution is -0.115. The highest BCUT2D eigenvalue weighted by molar-refractivity contribution is 5.93. The van der Waals surface area contributed by atoms with Gasteiger partial charge in [0, 0.05) is 29.9 Å². The number of hydrogen-bond donors (Lipinski definition) is 1. The lowest BCUT2D eigenvalue weighted by Crippen LogP contribution is -2.25. The average molecular weight is 417 g/mol. The molecule has 0 unspecified atom stereocenters. The number of carbonyl (C=O) groups is 1. The van der Waals surface area contributed by atoms with Gasteiger partial charge in [-0.25, -0.2) is 0 Å². The molecule has 0 spiro atoms. The lowest BCUT2D eigenvalue weighted by atomic mass is 10.1. The molecule has 1 fully saturated rings. The first kappa shape index (κ1) is 20.8. The Morgan fingerprint density at radius 3 is 2.52 bits per heavy atom. The van der Waals surface area contributed by atoms with Gasteiger partial charge in [-0.3, -0.25) is 4.79 Å². The van der Waals surface area contributed by atoms with Gasteiger partial charge in [0.1, 0.15) is 5.75 Å². The molecule has 1 saturated heterocycles. The van der Waals surface area contributed by atoms with Crippen LogP contribution in [-0.2, 0) is 11.2 Å². The molecular formula is C25H28N4O2. The second-order valence-corrected chi connectivity index (χ2v) is 7.80. The molecule has 6 heteroatoms. The normalized spacial score (nSPS) is 14.0. The zero-order valence-electron chi connectivity index (χ0n) is 17.9. The van der Waals surface area contributed by atoms with Crippen molar-refractivity contribution < 1.29 is 9.53 Å². The van der Waals surface area contributed by atoms with E-state index in [0.29, 0.717) is 5.75 Å². The third-order valence-electron chi connectivity index (χ3n) is 5.57. The minimum absolute atomic E-state index is 0.0933. The van der Waals surface area contributed by atoms with Gasteiger partial charge >= 0.3 is 0 Å². The maximum atomic E-state index is 12.5. The maximum absolute atomic E-state index is 12.5. The highest BCUT2D eigenvalue weighted by Crippen LogP contribution is 2.24. The van der Waals surface area contributed by atoms with Crippen molar-refractivity contribution >= 4 is 17.4 Å². The van der Waals surface area contributed by atoms with E-state index < -0.39 is 0 Å². The molecule has 1 aromatic heterocycles. The Morgan fingerprint density at radius 1 is 0.968 bits per heavy atom. The van der Waals surface area contributed by atoms with Crippen molar-refractivity contribution in [3.05, 3.63) is 66.2 Å². The number of carbonyl (C=O) groups excluding carboxylic acids is 1. The Morgan fingerprint density at radius 2 is 1.77 bits per heavy atom. The van der Waals surface area contributed by atoms with E-state index in [1.807, 2.05) is 60.7 Å². The van der Waals surface area contributed by atoms with E-state index in [0.717, 1.165) is 41.4 Å². The van der Waals surface area contributed by atoms with Gasteiger partial charge in [-0.15, -0.1) is 10.2 Å². The first-order valence-corrected chi connectivity index (χ1v) is 10.8. The number of nitrogens with zero attached hydrogens (tertiary/aromatic N) is 3. The number of hydrogen-bond acceptors (Lipinski definition) is 5. The number of amides is 1. The summed E-state index contributed by atoms with van der Waals surface area (Å²) in [6.45, 7) is 2.09. The van der Waals surface area contributed by atoms with E-state index in [-0.39, 0.29) is 12.3 Å². The van der Waals surface area contributed by atoms with Gasteiger partial charge in [0.25, 0.3) is 0 Å². The zero-order valence-corrected chi connectivity index (χ0v) is 17.9. The van der Waals surface area contributed by atoms with Crippen LogP contribution in [0.1, 0.15) is 31.2 Å². The monoisotopic (exact) mass is 416 g/mol. The second kappa shape index (κ2) is 10.1. The van der Waals surface area contributed by atoms with E-state index in [4.69, 9.17) is 4.74 Å². The SMILES string of the molecule is COc1ccccc1CC(=O)Nc1cccc(-c2ccc(N3CCCCCC3)nn2)c1. The molecule has 3 aromatic rings. The summed E-state index contributed by atoms with van der Waals surface area (Å²) in [7, 11) is 1.61. The van der Waals surface area contributed by atoms with Crippen LogP contribution in [0.15, 0.2) is 60.7 Å². The summed E-state index contributed by atoms with van der Waals surface area (Å²) < 4.78 is 5.34. The van der Waals surface area contributed by atoms with Gasteiger partial charge < -0.3 is 15.0 Å². The fourth-order valence-corrected chi connectivity index (χ4v) is 3.93. The first-order valence-electron chi connectivity index (χ1n) is 10.8. The number of benzene rings is 2. The molecule has 2 heterocycles. The molecular weight excluding hydrogens is 388 g/mol.